The third-order valence-electron chi connectivity index (χ3n) is 7.00. The lowest BCUT2D eigenvalue weighted by atomic mass is 9.96. The molecule has 2 saturated heterocycles. The van der Waals surface area contributed by atoms with E-state index in [9.17, 15) is 17.6 Å². The van der Waals surface area contributed by atoms with Crippen LogP contribution >= 0.6 is 11.5 Å². The normalized spacial score (nSPS) is 20.1. The van der Waals surface area contributed by atoms with E-state index in [-0.39, 0.29) is 28.5 Å². The molecule has 0 bridgehead atoms. The number of carbonyl (C=O) groups is 1. The zero-order valence-corrected chi connectivity index (χ0v) is 21.9. The second-order valence-corrected chi connectivity index (χ2v) is 12.6. The Balaban J connectivity index is 1.38. The number of nitrogens with zero attached hydrogens (tertiary/aromatic N) is 4. The van der Waals surface area contributed by atoms with E-state index >= 15 is 0 Å². The molecule has 1 aromatic carbocycles. The van der Waals surface area contributed by atoms with E-state index in [0.29, 0.717) is 36.4 Å². The lowest BCUT2D eigenvalue weighted by molar-refractivity contribution is -0.133. The average Bonchev–Trinajstić information content (AvgIpc) is 3.44. The molecule has 2 aliphatic rings. The van der Waals surface area contributed by atoms with Gasteiger partial charge in [-0.2, -0.15) is 4.37 Å². The third kappa shape index (κ3) is 4.98. The molecule has 1 unspecified atom stereocenters. The number of carbonyl (C=O) groups excluding carboxylic acids is 1. The number of likely N-dealkylation sites (tertiary alicyclic amines) is 1. The number of aryl methyl sites for hydroxylation is 1. The Kier molecular flexibility index (Phi) is 7.28. The number of hydrogen-bond acceptors (Lipinski definition) is 7. The van der Waals surface area contributed by atoms with Crippen molar-refractivity contribution in [2.24, 2.45) is 5.92 Å². The molecule has 1 atom stereocenters. The molecular formula is C24H33FN4O3S2. The molecule has 186 valence electrons. The van der Waals surface area contributed by atoms with Gasteiger partial charge in [-0.1, -0.05) is 26.8 Å². The molecule has 0 aliphatic carbocycles. The smallest absolute Gasteiger partial charge is 0.226 e. The van der Waals surface area contributed by atoms with Gasteiger partial charge in [0, 0.05) is 49.0 Å². The number of hydrogen-bond donors (Lipinski definition) is 0. The fraction of sp³-hybridized carbons (Fsp3) is 0.625. The van der Waals surface area contributed by atoms with Gasteiger partial charge in [-0.3, -0.25) is 4.79 Å². The van der Waals surface area contributed by atoms with Gasteiger partial charge in [-0.15, -0.1) is 0 Å². The Morgan fingerprint density at radius 2 is 1.88 bits per heavy atom. The van der Waals surface area contributed by atoms with Crippen molar-refractivity contribution in [2.45, 2.75) is 70.2 Å². The highest BCUT2D eigenvalue weighted by Crippen LogP contribution is 2.32. The highest BCUT2D eigenvalue weighted by atomic mass is 32.2. The Bertz CT molecular complexity index is 1160. The predicted octanol–water partition coefficient (Wildman–Crippen LogP) is 3.96. The lowest BCUT2D eigenvalue weighted by Gasteiger charge is -2.36. The van der Waals surface area contributed by atoms with Crippen molar-refractivity contribution in [3.05, 3.63) is 34.9 Å². The lowest BCUT2D eigenvalue weighted by Crippen LogP contribution is -2.46. The molecule has 10 heteroatoms. The summed E-state index contributed by atoms with van der Waals surface area (Å²) < 4.78 is 43.6. The molecule has 2 aromatic rings. The van der Waals surface area contributed by atoms with Crippen molar-refractivity contribution in [3.8, 4) is 0 Å². The van der Waals surface area contributed by atoms with Crippen LogP contribution in [0.25, 0.3) is 0 Å². The Morgan fingerprint density at radius 1 is 1.18 bits per heavy atom. The van der Waals surface area contributed by atoms with Crippen LogP contribution in [-0.4, -0.2) is 60.0 Å². The molecule has 3 heterocycles. The molecule has 0 saturated carbocycles. The number of sulfone groups is 1. The number of halogens is 1. The second-order valence-electron chi connectivity index (χ2n) is 9.64. The molecule has 7 nitrogen and oxygen atoms in total. The molecule has 1 aromatic heterocycles. The highest BCUT2D eigenvalue weighted by molar-refractivity contribution is 7.91. The SMILES string of the molecule is CCS(=O)(=O)c1cc(F)c(CC2CCN(C3CCN(c4nc(C(C)C)ns4)CC3)C2=O)cc1C. The summed E-state index contributed by atoms with van der Waals surface area (Å²) in [6.45, 7) is 9.77. The van der Waals surface area contributed by atoms with Crippen molar-refractivity contribution in [3.63, 3.8) is 0 Å². The summed E-state index contributed by atoms with van der Waals surface area (Å²) in [7, 11) is -3.48. The summed E-state index contributed by atoms with van der Waals surface area (Å²) >= 11 is 1.44. The van der Waals surface area contributed by atoms with Gasteiger partial charge < -0.3 is 9.80 Å². The monoisotopic (exact) mass is 508 g/mol. The number of anilines is 1. The Labute approximate surface area is 205 Å². The zero-order chi connectivity index (χ0) is 24.6. The summed E-state index contributed by atoms with van der Waals surface area (Å²) in [6.07, 6.45) is 2.76. The quantitative estimate of drug-likeness (QED) is 0.563. The van der Waals surface area contributed by atoms with Crippen LogP contribution in [0.15, 0.2) is 17.0 Å². The maximum Gasteiger partial charge on any atom is 0.226 e. The van der Waals surface area contributed by atoms with Crippen LogP contribution in [0.5, 0.6) is 0 Å². The topological polar surface area (TPSA) is 83.5 Å². The van der Waals surface area contributed by atoms with Crippen molar-refractivity contribution in [1.29, 1.82) is 0 Å². The number of benzene rings is 1. The first-order valence-corrected chi connectivity index (χ1v) is 14.4. The maximum atomic E-state index is 14.8. The van der Waals surface area contributed by atoms with E-state index in [1.165, 1.54) is 11.5 Å². The first-order chi connectivity index (χ1) is 16.1. The van der Waals surface area contributed by atoms with E-state index in [1.54, 1.807) is 19.9 Å². The van der Waals surface area contributed by atoms with Gasteiger partial charge in [0.1, 0.15) is 11.6 Å². The van der Waals surface area contributed by atoms with Gasteiger partial charge in [-0.25, -0.2) is 17.8 Å². The summed E-state index contributed by atoms with van der Waals surface area (Å²) in [5.41, 5.74) is 0.949. The first kappa shape index (κ1) is 25.0. The molecule has 4 rings (SSSR count). The number of amides is 1. The van der Waals surface area contributed by atoms with Crippen LogP contribution in [-0.2, 0) is 21.1 Å². The second kappa shape index (κ2) is 9.89. The van der Waals surface area contributed by atoms with Crippen molar-refractivity contribution < 1.29 is 17.6 Å². The van der Waals surface area contributed by atoms with E-state index in [2.05, 4.69) is 28.1 Å². The van der Waals surface area contributed by atoms with Gasteiger partial charge in [-0.05, 0) is 49.8 Å². The van der Waals surface area contributed by atoms with Crippen LogP contribution in [0, 0.1) is 18.7 Å². The van der Waals surface area contributed by atoms with E-state index < -0.39 is 15.7 Å². The fourth-order valence-corrected chi connectivity index (χ4v) is 6.91. The molecular weight excluding hydrogens is 475 g/mol. The van der Waals surface area contributed by atoms with Crippen LogP contribution in [0.2, 0.25) is 0 Å². The third-order valence-corrected chi connectivity index (χ3v) is 9.66. The minimum absolute atomic E-state index is 0.0401. The number of rotatable bonds is 7. The Morgan fingerprint density at radius 3 is 2.50 bits per heavy atom. The molecule has 2 aliphatic heterocycles. The molecule has 0 N–H and O–H groups in total. The summed E-state index contributed by atoms with van der Waals surface area (Å²) in [5.74, 6) is 0.385. The van der Waals surface area contributed by atoms with Crippen LogP contribution in [0.1, 0.15) is 62.9 Å². The molecule has 1 amide bonds. The van der Waals surface area contributed by atoms with E-state index in [0.717, 1.165) is 43.0 Å². The van der Waals surface area contributed by atoms with E-state index in [1.807, 2.05) is 4.90 Å². The molecule has 0 radical (unpaired) electrons. The average molecular weight is 509 g/mol. The van der Waals surface area contributed by atoms with Gasteiger partial charge in [0.05, 0.1) is 10.6 Å². The largest absolute Gasteiger partial charge is 0.347 e. The molecule has 34 heavy (non-hydrogen) atoms. The van der Waals surface area contributed by atoms with Gasteiger partial charge in [0.2, 0.25) is 11.0 Å². The van der Waals surface area contributed by atoms with Crippen molar-refractivity contribution in [1.82, 2.24) is 14.3 Å². The van der Waals surface area contributed by atoms with Crippen LogP contribution in [0.3, 0.4) is 0 Å². The molecule has 2 fully saturated rings. The van der Waals surface area contributed by atoms with Crippen molar-refractivity contribution >= 4 is 32.4 Å². The Hall–Kier alpha value is -2.07. The standard InChI is InChI=1S/C24H33FN4O3S2/c1-5-34(31,32)21-14-20(25)18(12-16(21)4)13-17-6-11-29(23(17)30)19-7-9-28(10-8-19)24-26-22(15(2)3)27-33-24/h12,14-15,17,19H,5-11,13H2,1-4H3. The summed E-state index contributed by atoms with van der Waals surface area (Å²) in [6, 6.07) is 2.91. The van der Waals surface area contributed by atoms with Gasteiger partial charge in [0.15, 0.2) is 9.84 Å². The summed E-state index contributed by atoms with van der Waals surface area (Å²) in [5, 5.41) is 0.951. The minimum Gasteiger partial charge on any atom is -0.347 e. The van der Waals surface area contributed by atoms with Crippen molar-refractivity contribution in [2.75, 3.05) is 30.3 Å². The molecule has 0 spiro atoms. The zero-order valence-electron chi connectivity index (χ0n) is 20.3. The van der Waals surface area contributed by atoms with Gasteiger partial charge >= 0.3 is 0 Å². The first-order valence-electron chi connectivity index (χ1n) is 12.0. The number of piperidine rings is 1. The van der Waals surface area contributed by atoms with Gasteiger partial charge in [0.25, 0.3) is 0 Å². The predicted molar refractivity (Wildman–Crippen MR) is 132 cm³/mol. The van der Waals surface area contributed by atoms with Crippen LogP contribution in [0.4, 0.5) is 9.52 Å². The minimum atomic E-state index is -3.48. The fourth-order valence-electron chi connectivity index (χ4n) is 4.91. The van der Waals surface area contributed by atoms with Crippen LogP contribution < -0.4 is 4.90 Å². The number of aromatic nitrogens is 2. The highest BCUT2D eigenvalue weighted by Gasteiger charge is 2.38. The summed E-state index contributed by atoms with van der Waals surface area (Å²) in [4.78, 5) is 22.1. The van der Waals surface area contributed by atoms with E-state index in [4.69, 9.17) is 0 Å². The maximum absolute atomic E-state index is 14.8.